The highest BCUT2D eigenvalue weighted by Crippen LogP contribution is 2.23. The molecule has 2 aromatic rings. The molecule has 2 aromatic carbocycles. The number of hydrogen-bond donors (Lipinski definition) is 2. The van der Waals surface area contributed by atoms with Crippen molar-refractivity contribution >= 4 is 11.6 Å². The fraction of sp³-hybridized carbons (Fsp3) is 0.0714. The summed E-state index contributed by atoms with van der Waals surface area (Å²) in [4.78, 5) is 11.0. The van der Waals surface area contributed by atoms with Crippen LogP contribution in [0.5, 0.6) is 5.75 Å². The number of ether oxygens (including phenoxy) is 1. The molecule has 0 saturated heterocycles. The van der Waals surface area contributed by atoms with E-state index in [0.29, 0.717) is 11.3 Å². The maximum absolute atomic E-state index is 13.0. The van der Waals surface area contributed by atoms with Crippen LogP contribution >= 0.6 is 0 Å². The molecule has 0 radical (unpaired) electrons. The highest BCUT2D eigenvalue weighted by atomic mass is 19.1. The topological polar surface area (TPSA) is 78.3 Å². The Morgan fingerprint density at radius 1 is 1.21 bits per heavy atom. The molecule has 0 saturated carbocycles. The van der Waals surface area contributed by atoms with E-state index >= 15 is 0 Å². The SMILES string of the molecule is NC(=O)c1cccc(COc2cc(F)ccc2N)c1. The van der Waals surface area contributed by atoms with Crippen molar-refractivity contribution in [3.63, 3.8) is 0 Å². The smallest absolute Gasteiger partial charge is 0.248 e. The summed E-state index contributed by atoms with van der Waals surface area (Å²) >= 11 is 0. The lowest BCUT2D eigenvalue weighted by Crippen LogP contribution is -2.11. The second-order valence-electron chi connectivity index (χ2n) is 4.04. The van der Waals surface area contributed by atoms with E-state index in [0.717, 1.165) is 5.56 Å². The van der Waals surface area contributed by atoms with Crippen LogP contribution in [0.15, 0.2) is 42.5 Å². The van der Waals surface area contributed by atoms with E-state index in [1.165, 1.54) is 18.2 Å². The molecule has 2 rings (SSSR count). The van der Waals surface area contributed by atoms with Crippen LogP contribution in [0.1, 0.15) is 15.9 Å². The predicted molar refractivity (Wildman–Crippen MR) is 70.1 cm³/mol. The number of amides is 1. The number of primary amides is 1. The van der Waals surface area contributed by atoms with Gasteiger partial charge in [0.1, 0.15) is 18.2 Å². The monoisotopic (exact) mass is 260 g/mol. The van der Waals surface area contributed by atoms with Crippen molar-refractivity contribution in [1.29, 1.82) is 0 Å². The molecule has 0 aliphatic heterocycles. The van der Waals surface area contributed by atoms with Gasteiger partial charge in [-0.05, 0) is 29.8 Å². The van der Waals surface area contributed by atoms with E-state index < -0.39 is 11.7 Å². The maximum Gasteiger partial charge on any atom is 0.248 e. The molecule has 98 valence electrons. The average molecular weight is 260 g/mol. The first-order valence-corrected chi connectivity index (χ1v) is 5.63. The summed E-state index contributed by atoms with van der Waals surface area (Å²) in [6, 6.07) is 10.6. The Hall–Kier alpha value is -2.56. The first-order chi connectivity index (χ1) is 9.06. The summed E-state index contributed by atoms with van der Waals surface area (Å²) < 4.78 is 18.5. The van der Waals surface area contributed by atoms with Crippen molar-refractivity contribution in [2.45, 2.75) is 6.61 Å². The van der Waals surface area contributed by atoms with Crippen LogP contribution in [-0.2, 0) is 6.61 Å². The van der Waals surface area contributed by atoms with Crippen molar-refractivity contribution in [2.24, 2.45) is 5.73 Å². The summed E-state index contributed by atoms with van der Waals surface area (Å²) in [5.74, 6) is -0.660. The van der Waals surface area contributed by atoms with Crippen LogP contribution in [0.2, 0.25) is 0 Å². The van der Waals surface area contributed by atoms with Crippen molar-refractivity contribution in [3.8, 4) is 5.75 Å². The number of carbonyl (C=O) groups is 1. The number of rotatable bonds is 4. The van der Waals surface area contributed by atoms with E-state index in [-0.39, 0.29) is 12.4 Å². The number of carbonyl (C=O) groups excluding carboxylic acids is 1. The van der Waals surface area contributed by atoms with Crippen molar-refractivity contribution < 1.29 is 13.9 Å². The Balaban J connectivity index is 2.12. The molecule has 0 spiro atoms. The molecule has 4 N–H and O–H groups in total. The zero-order valence-corrected chi connectivity index (χ0v) is 10.1. The van der Waals surface area contributed by atoms with E-state index in [1.54, 1.807) is 24.3 Å². The van der Waals surface area contributed by atoms with Gasteiger partial charge in [0.2, 0.25) is 5.91 Å². The van der Waals surface area contributed by atoms with Crippen molar-refractivity contribution in [2.75, 3.05) is 5.73 Å². The predicted octanol–water partition coefficient (Wildman–Crippen LogP) is 2.09. The van der Waals surface area contributed by atoms with Crippen molar-refractivity contribution in [1.82, 2.24) is 0 Å². The van der Waals surface area contributed by atoms with Crippen molar-refractivity contribution in [3.05, 3.63) is 59.4 Å². The summed E-state index contributed by atoms with van der Waals surface area (Å²) in [5.41, 5.74) is 12.4. The van der Waals surface area contributed by atoms with Gasteiger partial charge in [-0.3, -0.25) is 4.79 Å². The van der Waals surface area contributed by atoms with E-state index in [9.17, 15) is 9.18 Å². The molecule has 0 unspecified atom stereocenters. The van der Waals surface area contributed by atoms with Crippen LogP contribution in [0, 0.1) is 5.82 Å². The Labute approximate surface area is 109 Å². The van der Waals surface area contributed by atoms with Gasteiger partial charge >= 0.3 is 0 Å². The Kier molecular flexibility index (Phi) is 3.66. The number of nitrogen functional groups attached to an aromatic ring is 1. The van der Waals surface area contributed by atoms with Crippen LogP contribution < -0.4 is 16.2 Å². The van der Waals surface area contributed by atoms with Crippen LogP contribution in [-0.4, -0.2) is 5.91 Å². The fourth-order valence-electron chi connectivity index (χ4n) is 1.61. The molecule has 1 amide bonds. The fourth-order valence-corrected chi connectivity index (χ4v) is 1.61. The first-order valence-electron chi connectivity index (χ1n) is 5.63. The molecule has 4 nitrogen and oxygen atoms in total. The van der Waals surface area contributed by atoms with Gasteiger partial charge in [-0.1, -0.05) is 12.1 Å². The minimum Gasteiger partial charge on any atom is -0.487 e. The molecule has 0 fully saturated rings. The van der Waals surface area contributed by atoms with Gasteiger partial charge in [-0.2, -0.15) is 0 Å². The number of halogens is 1. The molecule has 0 aliphatic carbocycles. The molecule has 0 aliphatic rings. The highest BCUT2D eigenvalue weighted by molar-refractivity contribution is 5.92. The van der Waals surface area contributed by atoms with Crippen LogP contribution in [0.3, 0.4) is 0 Å². The Bertz CT molecular complexity index is 614. The molecular formula is C14H13FN2O2. The van der Waals surface area contributed by atoms with Gasteiger partial charge < -0.3 is 16.2 Å². The molecule has 5 heteroatoms. The van der Waals surface area contributed by atoms with Gasteiger partial charge in [0.15, 0.2) is 0 Å². The van der Waals surface area contributed by atoms with Gasteiger partial charge in [-0.15, -0.1) is 0 Å². The highest BCUT2D eigenvalue weighted by Gasteiger charge is 2.05. The lowest BCUT2D eigenvalue weighted by atomic mass is 10.1. The Morgan fingerprint density at radius 2 is 2.00 bits per heavy atom. The van der Waals surface area contributed by atoms with E-state index in [4.69, 9.17) is 16.2 Å². The quantitative estimate of drug-likeness (QED) is 0.826. The molecule has 0 aromatic heterocycles. The zero-order chi connectivity index (χ0) is 13.8. The maximum atomic E-state index is 13.0. The second-order valence-corrected chi connectivity index (χ2v) is 4.04. The van der Waals surface area contributed by atoms with E-state index in [1.807, 2.05) is 0 Å². The third kappa shape index (κ3) is 3.22. The Morgan fingerprint density at radius 3 is 2.74 bits per heavy atom. The molecule has 0 bridgehead atoms. The third-order valence-corrected chi connectivity index (χ3v) is 2.58. The first kappa shape index (κ1) is 12.9. The van der Waals surface area contributed by atoms with Gasteiger partial charge in [0, 0.05) is 11.6 Å². The number of nitrogens with two attached hydrogens (primary N) is 2. The summed E-state index contributed by atoms with van der Waals surface area (Å²) in [6.07, 6.45) is 0. The summed E-state index contributed by atoms with van der Waals surface area (Å²) in [6.45, 7) is 0.175. The number of hydrogen-bond acceptors (Lipinski definition) is 3. The average Bonchev–Trinajstić information content (AvgIpc) is 2.40. The molecular weight excluding hydrogens is 247 g/mol. The normalized spacial score (nSPS) is 10.2. The lowest BCUT2D eigenvalue weighted by Gasteiger charge is -2.09. The van der Waals surface area contributed by atoms with Crippen LogP contribution in [0.4, 0.5) is 10.1 Å². The van der Waals surface area contributed by atoms with Gasteiger partial charge in [0.05, 0.1) is 5.69 Å². The van der Waals surface area contributed by atoms with E-state index in [2.05, 4.69) is 0 Å². The largest absolute Gasteiger partial charge is 0.487 e. The standard InChI is InChI=1S/C14H13FN2O2/c15-11-4-5-12(16)13(7-11)19-8-9-2-1-3-10(6-9)14(17)18/h1-7H,8,16H2,(H2,17,18). The molecule has 19 heavy (non-hydrogen) atoms. The van der Waals surface area contributed by atoms with Gasteiger partial charge in [-0.25, -0.2) is 4.39 Å². The number of benzene rings is 2. The zero-order valence-electron chi connectivity index (χ0n) is 10.1. The molecule has 0 heterocycles. The van der Waals surface area contributed by atoms with Gasteiger partial charge in [0.25, 0.3) is 0 Å². The summed E-state index contributed by atoms with van der Waals surface area (Å²) in [5, 5.41) is 0. The second kappa shape index (κ2) is 5.39. The summed E-state index contributed by atoms with van der Waals surface area (Å²) in [7, 11) is 0. The van der Waals surface area contributed by atoms with Crippen LogP contribution in [0.25, 0.3) is 0 Å². The minimum absolute atomic E-state index is 0.175. The third-order valence-electron chi connectivity index (χ3n) is 2.58. The number of anilines is 1. The molecule has 0 atom stereocenters. The minimum atomic E-state index is -0.507. The lowest BCUT2D eigenvalue weighted by molar-refractivity contribution is 0.1000.